The summed E-state index contributed by atoms with van der Waals surface area (Å²) in [5, 5.41) is 54.0. The van der Waals surface area contributed by atoms with Gasteiger partial charge in [-0.2, -0.15) is 23.5 Å². The van der Waals surface area contributed by atoms with E-state index in [-0.39, 0.29) is 47.8 Å². The number of fused-ring (bicyclic) bond motifs is 6. The Balaban J connectivity index is 0.499. The fraction of sp³-hybridized carbons (Fsp3) is 0.582. The maximum absolute atomic E-state index is 13.6. The highest BCUT2D eigenvalue weighted by Crippen LogP contribution is 2.56. The number of thioether (sulfide) groups is 2. The average molecular weight is 1150 g/mol. The maximum atomic E-state index is 13.6. The van der Waals surface area contributed by atoms with Gasteiger partial charge in [0.25, 0.3) is 0 Å². The minimum Gasteiger partial charge on any atom is -0.347 e. The van der Waals surface area contributed by atoms with Gasteiger partial charge in [0.2, 0.25) is 38.2 Å². The summed E-state index contributed by atoms with van der Waals surface area (Å²) < 4.78 is 6.05. The first-order valence-electron chi connectivity index (χ1n) is 27.7. The van der Waals surface area contributed by atoms with Crippen molar-refractivity contribution in [3.8, 4) is 0 Å². The molecule has 11 atom stereocenters. The van der Waals surface area contributed by atoms with Crippen LogP contribution in [-0.4, -0.2) is 93.9 Å². The molecule has 3 amide bonds. The number of nitrogens with zero attached hydrogens (tertiary/aromatic N) is 8. The Morgan fingerprint density at radius 3 is 1.71 bits per heavy atom. The number of aryl methyl sites for hydroxylation is 6. The van der Waals surface area contributed by atoms with E-state index in [0.29, 0.717) is 45.0 Å². The minimum atomic E-state index is -0.114. The molecule has 6 aromatic rings. The molecule has 7 aliphatic rings. The molecule has 13 rings (SSSR count). The van der Waals surface area contributed by atoms with Crippen LogP contribution >= 0.6 is 68.9 Å². The monoisotopic (exact) mass is 1150 g/mol. The molecule has 0 radical (unpaired) electrons. The lowest BCUT2D eigenvalue weighted by atomic mass is 9.76. The summed E-state index contributed by atoms with van der Waals surface area (Å²) in [6, 6.07) is 15.7. The summed E-state index contributed by atoms with van der Waals surface area (Å²) in [6.07, 6.45) is 17.0. The van der Waals surface area contributed by atoms with Crippen LogP contribution < -0.4 is 21.3 Å². The van der Waals surface area contributed by atoms with E-state index in [9.17, 15) is 14.4 Å². The van der Waals surface area contributed by atoms with Gasteiger partial charge >= 0.3 is 0 Å². The Bertz CT molecular complexity index is 3090. The second-order valence-corrected chi connectivity index (χ2v) is 29.0. The van der Waals surface area contributed by atoms with Gasteiger partial charge < -0.3 is 26.0 Å². The maximum Gasteiger partial charge on any atom is 0.229 e. The molecule has 404 valence electrons. The van der Waals surface area contributed by atoms with Crippen LogP contribution in [0.25, 0.3) is 0 Å². The highest BCUT2D eigenvalue weighted by Gasteiger charge is 2.50. The molecule has 1 saturated heterocycles. The Hall–Kier alpha value is -4.45. The second kappa shape index (κ2) is 23.3. The van der Waals surface area contributed by atoms with E-state index in [2.05, 4.69) is 105 Å². The molecular weight excluding hydrogens is 1090 g/mol. The summed E-state index contributed by atoms with van der Waals surface area (Å²) in [5.41, 5.74) is 6.90. The predicted octanol–water partition coefficient (Wildman–Crippen LogP) is 9.96. The van der Waals surface area contributed by atoms with Gasteiger partial charge in [0.1, 0.15) is 26.1 Å². The fourth-order valence-electron chi connectivity index (χ4n) is 13.6. The predicted molar refractivity (Wildman–Crippen MR) is 307 cm³/mol. The number of aromatic nitrogens is 8. The second-order valence-electron chi connectivity index (χ2n) is 22.3. The Labute approximate surface area is 473 Å². The minimum absolute atomic E-state index is 0.0111. The summed E-state index contributed by atoms with van der Waals surface area (Å²) in [5.74, 6) is 6.96. The number of ether oxygens (including phenoxy) is 1. The molecule has 4 bridgehead atoms. The third-order valence-electron chi connectivity index (χ3n) is 17.6. The van der Waals surface area contributed by atoms with Crippen LogP contribution in [0, 0.1) is 47.3 Å². The largest absolute Gasteiger partial charge is 0.347 e. The zero-order valence-electron chi connectivity index (χ0n) is 42.9. The molecule has 22 heteroatoms. The van der Waals surface area contributed by atoms with Crippen molar-refractivity contribution < 1.29 is 19.1 Å². The molecule has 1 aliphatic heterocycles. The third-order valence-corrected chi connectivity index (χ3v) is 23.1. The number of anilines is 4. The number of carbonyl (C=O) groups is 3. The van der Waals surface area contributed by atoms with Gasteiger partial charge in [0.15, 0.2) is 6.23 Å². The number of nitrogens with one attached hydrogen (secondary N) is 4. The average Bonchev–Trinajstić information content (AvgIpc) is 4.37. The Morgan fingerprint density at radius 2 is 1.10 bits per heavy atom. The summed E-state index contributed by atoms with van der Waals surface area (Å²) in [6.45, 7) is 0. The lowest BCUT2D eigenvalue weighted by molar-refractivity contribution is -0.122. The molecule has 16 nitrogen and oxygen atoms in total. The van der Waals surface area contributed by atoms with Crippen molar-refractivity contribution in [3.63, 3.8) is 0 Å². The van der Waals surface area contributed by atoms with Crippen molar-refractivity contribution in [2.24, 2.45) is 47.3 Å². The van der Waals surface area contributed by atoms with Crippen LogP contribution in [0.4, 0.5) is 20.5 Å². The number of epoxide rings is 1. The van der Waals surface area contributed by atoms with Crippen molar-refractivity contribution in [2.45, 2.75) is 127 Å². The molecule has 4 N–H and O–H groups in total. The number of amides is 3. The highest BCUT2D eigenvalue weighted by atomic mass is 32.2. The molecule has 6 aliphatic carbocycles. The van der Waals surface area contributed by atoms with Crippen molar-refractivity contribution in [2.75, 3.05) is 44.3 Å². The van der Waals surface area contributed by atoms with Gasteiger partial charge in [-0.1, -0.05) is 94.2 Å². The first-order chi connectivity index (χ1) is 37.8. The van der Waals surface area contributed by atoms with Gasteiger partial charge in [0, 0.05) is 43.4 Å². The molecule has 2 aromatic carbocycles. The molecule has 11 unspecified atom stereocenters. The van der Waals surface area contributed by atoms with Gasteiger partial charge in [-0.15, -0.1) is 40.8 Å². The van der Waals surface area contributed by atoms with Crippen molar-refractivity contribution in [1.29, 1.82) is 0 Å². The molecule has 77 heavy (non-hydrogen) atoms. The Morgan fingerprint density at radius 1 is 0.519 bits per heavy atom. The fourth-order valence-corrected chi connectivity index (χ4v) is 18.9. The van der Waals surface area contributed by atoms with Crippen LogP contribution in [0.1, 0.15) is 112 Å². The number of benzene rings is 2. The van der Waals surface area contributed by atoms with Crippen LogP contribution in [-0.2, 0) is 70.5 Å². The summed E-state index contributed by atoms with van der Waals surface area (Å²) in [4.78, 5) is 40.0. The van der Waals surface area contributed by atoms with E-state index in [1.165, 1.54) is 87.5 Å². The van der Waals surface area contributed by atoms with Crippen LogP contribution in [0.3, 0.4) is 0 Å². The Kier molecular flexibility index (Phi) is 15.7. The number of hydrogen-bond acceptors (Lipinski definition) is 19. The van der Waals surface area contributed by atoms with Crippen molar-refractivity contribution >= 4 is 107 Å². The SMILES string of the molecule is O=C(Nc1nnc(CCSCCc2nnc(NC3OC3C3CCc4ccccc4C3)s2)s1)C1CCc2ccc(C3CC4CC3CC4C(=O)Nc3nnc(CCSCCc4nnc(NC(=O)C5CC6CCC5C6)s4)s3)cc2C1. The van der Waals surface area contributed by atoms with Crippen LogP contribution in [0.15, 0.2) is 42.5 Å². The first kappa shape index (κ1) is 52.0. The number of rotatable bonds is 22. The lowest BCUT2D eigenvalue weighted by Crippen LogP contribution is -2.29. The van der Waals surface area contributed by atoms with E-state index in [0.717, 1.165) is 138 Å². The molecule has 4 saturated carbocycles. The molecule has 0 spiro atoms. The van der Waals surface area contributed by atoms with Gasteiger partial charge in [-0.25, -0.2) is 0 Å². The molecule has 5 heterocycles. The van der Waals surface area contributed by atoms with E-state index in [1.807, 2.05) is 23.5 Å². The zero-order valence-corrected chi connectivity index (χ0v) is 47.8. The van der Waals surface area contributed by atoms with E-state index in [1.54, 1.807) is 11.3 Å². The summed E-state index contributed by atoms with van der Waals surface area (Å²) >= 11 is 9.74. The highest BCUT2D eigenvalue weighted by molar-refractivity contribution is 7.99. The number of carbonyl (C=O) groups excluding carboxylic acids is 3. The van der Waals surface area contributed by atoms with Crippen LogP contribution in [0.5, 0.6) is 0 Å². The lowest BCUT2D eigenvalue weighted by Gasteiger charge is -2.29. The van der Waals surface area contributed by atoms with Gasteiger partial charge in [0.05, 0.1) is 0 Å². The molecular formula is C55H64N12O4S6. The van der Waals surface area contributed by atoms with E-state index >= 15 is 0 Å². The van der Waals surface area contributed by atoms with Crippen molar-refractivity contribution in [3.05, 3.63) is 90.3 Å². The van der Waals surface area contributed by atoms with Crippen molar-refractivity contribution in [1.82, 2.24) is 40.8 Å². The standard InChI is InChI=1S/C55H64N12O4S6/c68-48(56-52-64-60-43(74-52)13-17-73-20-16-46-63-67-55(77-46)59-51-47(71-51)35-11-8-30-3-1-2-4-32(30)23-35)36-12-9-31-7-10-34(24-37(31)25-36)40-27-39-26-38(40)28-42(39)50(70)58-54-66-62-45(76-54)15-19-72-18-14-44-61-65-53(75-44)57-49(69)41-22-29-5-6-33(41)21-29/h1-4,7,10,24,29,33,35-36,38-42,47,51H,5-6,8-9,11-23,25-28H2,(H,59,67)(H,56,64,68)(H,57,65,69)(H,58,66,70). The van der Waals surface area contributed by atoms with Gasteiger partial charge in [-0.05, 0) is 163 Å². The zero-order chi connectivity index (χ0) is 51.8. The number of hydrogen-bond donors (Lipinski definition) is 4. The first-order valence-corrected chi connectivity index (χ1v) is 33.3. The molecule has 4 aromatic heterocycles. The quantitative estimate of drug-likeness (QED) is 0.0368. The normalized spacial score (nSPS) is 27.6. The third kappa shape index (κ3) is 12.2. The summed E-state index contributed by atoms with van der Waals surface area (Å²) in [7, 11) is 0. The van der Waals surface area contributed by atoms with Crippen LogP contribution in [0.2, 0.25) is 0 Å². The topological polar surface area (TPSA) is 215 Å². The van der Waals surface area contributed by atoms with E-state index < -0.39 is 0 Å². The van der Waals surface area contributed by atoms with E-state index in [4.69, 9.17) is 4.74 Å². The van der Waals surface area contributed by atoms with Gasteiger partial charge in [-0.3, -0.25) is 14.4 Å². The molecule has 5 fully saturated rings. The smallest absolute Gasteiger partial charge is 0.229 e.